The summed E-state index contributed by atoms with van der Waals surface area (Å²) >= 11 is 3.74. The molecule has 9 heteroatoms. The van der Waals surface area contributed by atoms with E-state index in [2.05, 4.69) is 12.6 Å². The van der Waals surface area contributed by atoms with Crippen LogP contribution in [-0.2, 0) is 19.7 Å². The van der Waals surface area contributed by atoms with E-state index in [1.165, 1.54) is 48.5 Å². The van der Waals surface area contributed by atoms with Gasteiger partial charge < -0.3 is 0 Å². The third-order valence-corrected chi connectivity index (χ3v) is 9.31. The lowest BCUT2D eigenvalue weighted by Crippen LogP contribution is -2.31. The number of carbonyl (C=O) groups excluding carboxylic acids is 2. The number of thiol groups is 1. The van der Waals surface area contributed by atoms with Gasteiger partial charge in [0.1, 0.15) is 0 Å². The van der Waals surface area contributed by atoms with Crippen LogP contribution in [0.4, 0.5) is 0 Å². The molecule has 0 atom stereocenters. The van der Waals surface area contributed by atoms with Gasteiger partial charge in [-0.3, -0.25) is 9.59 Å². The quantitative estimate of drug-likeness (QED) is 0.339. The minimum absolute atomic E-state index is 0.0136. The van der Waals surface area contributed by atoms with E-state index in [-0.39, 0.29) is 20.9 Å². The number of rotatable bonds is 9. The van der Waals surface area contributed by atoms with Crippen molar-refractivity contribution in [2.24, 2.45) is 5.92 Å². The number of sulfone groups is 2. The fourth-order valence-corrected chi connectivity index (χ4v) is 6.81. The number of Topliss-reactive ketones (excluding diaryl/α,β-unsaturated/α-hetero) is 1. The van der Waals surface area contributed by atoms with Crippen LogP contribution in [0.5, 0.6) is 0 Å². The SMILES string of the molecule is Cc1ccc(S(=O)(=O)CC(CS(=O)(=O)c2ccc(C)cc2)C(=O)c2ccc(C(=O)S)cc2)cc1. The zero-order chi connectivity index (χ0) is 25.1. The van der Waals surface area contributed by atoms with E-state index in [0.717, 1.165) is 11.1 Å². The van der Waals surface area contributed by atoms with Gasteiger partial charge in [-0.2, -0.15) is 0 Å². The van der Waals surface area contributed by atoms with Crippen LogP contribution in [0.2, 0.25) is 0 Å². The lowest BCUT2D eigenvalue weighted by atomic mass is 10.00. The maximum absolute atomic E-state index is 13.3. The van der Waals surface area contributed by atoms with E-state index in [1.54, 1.807) is 24.3 Å². The Morgan fingerprint density at radius 3 is 1.35 bits per heavy atom. The van der Waals surface area contributed by atoms with Crippen molar-refractivity contribution in [3.05, 3.63) is 95.1 Å². The molecule has 6 nitrogen and oxygen atoms in total. The van der Waals surface area contributed by atoms with Crippen molar-refractivity contribution in [2.75, 3.05) is 11.5 Å². The highest BCUT2D eigenvalue weighted by Gasteiger charge is 2.32. The fraction of sp³-hybridized carbons (Fsp3) is 0.200. The first-order valence-corrected chi connectivity index (χ1v) is 14.1. The molecule has 0 aliphatic carbocycles. The van der Waals surface area contributed by atoms with Gasteiger partial charge in [0.2, 0.25) is 5.12 Å². The number of ketones is 1. The van der Waals surface area contributed by atoms with Crippen LogP contribution in [0.25, 0.3) is 0 Å². The first-order valence-electron chi connectivity index (χ1n) is 10.4. The predicted molar refractivity (Wildman–Crippen MR) is 134 cm³/mol. The van der Waals surface area contributed by atoms with E-state index in [9.17, 15) is 26.4 Å². The summed E-state index contributed by atoms with van der Waals surface area (Å²) in [6.07, 6.45) is 0. The Labute approximate surface area is 205 Å². The van der Waals surface area contributed by atoms with Crippen LogP contribution < -0.4 is 0 Å². The van der Waals surface area contributed by atoms with Gasteiger partial charge in [-0.15, -0.1) is 12.6 Å². The van der Waals surface area contributed by atoms with Gasteiger partial charge in [0.15, 0.2) is 25.5 Å². The van der Waals surface area contributed by atoms with Crippen molar-refractivity contribution >= 4 is 43.2 Å². The summed E-state index contributed by atoms with van der Waals surface area (Å²) in [5.74, 6) is -3.33. The minimum atomic E-state index is -3.96. The summed E-state index contributed by atoms with van der Waals surface area (Å²) in [6, 6.07) is 17.8. The van der Waals surface area contributed by atoms with Crippen molar-refractivity contribution in [2.45, 2.75) is 23.6 Å². The maximum atomic E-state index is 13.3. The van der Waals surface area contributed by atoms with Crippen LogP contribution in [0.1, 0.15) is 31.8 Å². The second-order valence-corrected chi connectivity index (χ2v) is 12.6. The average Bonchev–Trinajstić information content (AvgIpc) is 2.78. The number of benzene rings is 3. The molecule has 3 aromatic carbocycles. The third kappa shape index (κ3) is 6.22. The summed E-state index contributed by atoms with van der Waals surface area (Å²) < 4.78 is 52.4. The molecule has 178 valence electrons. The Balaban J connectivity index is 1.99. The first kappa shape index (κ1) is 25.9. The van der Waals surface area contributed by atoms with Crippen molar-refractivity contribution in [1.82, 2.24) is 0 Å². The van der Waals surface area contributed by atoms with Gasteiger partial charge in [0.25, 0.3) is 0 Å². The van der Waals surface area contributed by atoms with Crippen LogP contribution in [0, 0.1) is 19.8 Å². The first-order chi connectivity index (χ1) is 15.9. The number of hydrogen-bond acceptors (Lipinski definition) is 6. The molecule has 0 saturated carbocycles. The lowest BCUT2D eigenvalue weighted by molar-refractivity contribution is 0.0941. The van der Waals surface area contributed by atoms with Gasteiger partial charge in [-0.05, 0) is 50.2 Å². The van der Waals surface area contributed by atoms with E-state index >= 15 is 0 Å². The standard InChI is InChI=1S/C25H24O6S3/c1-17-3-11-22(12-4-17)33(28,29)15-21(16-34(30,31)23-13-5-18(2)6-14-23)24(26)19-7-9-20(10-8-19)25(27)32/h3-14,21H,15-16H2,1-2H3,(H,27,32). The van der Waals surface area contributed by atoms with Gasteiger partial charge in [0.05, 0.1) is 27.2 Å². The average molecular weight is 517 g/mol. The van der Waals surface area contributed by atoms with E-state index in [1.807, 2.05) is 13.8 Å². The molecule has 0 spiro atoms. The van der Waals surface area contributed by atoms with E-state index < -0.39 is 48.0 Å². The smallest absolute Gasteiger partial charge is 0.216 e. The molecule has 3 rings (SSSR count). The van der Waals surface area contributed by atoms with Gasteiger partial charge in [-0.1, -0.05) is 47.5 Å². The highest BCUT2D eigenvalue weighted by Crippen LogP contribution is 2.23. The molecule has 0 aliphatic heterocycles. The van der Waals surface area contributed by atoms with Crippen molar-refractivity contribution in [1.29, 1.82) is 0 Å². The van der Waals surface area contributed by atoms with Crippen LogP contribution in [-0.4, -0.2) is 39.2 Å². The Bertz CT molecular complexity index is 1330. The Kier molecular flexibility index (Phi) is 7.80. The minimum Gasteiger partial charge on any atom is -0.294 e. The second-order valence-electron chi connectivity index (χ2n) is 8.13. The summed E-state index contributed by atoms with van der Waals surface area (Å²) in [5.41, 5.74) is 2.11. The largest absolute Gasteiger partial charge is 0.294 e. The molecular formula is C25H24O6S3. The Morgan fingerprint density at radius 1 is 0.647 bits per heavy atom. The topological polar surface area (TPSA) is 102 Å². The Morgan fingerprint density at radius 2 is 1.00 bits per heavy atom. The highest BCUT2D eigenvalue weighted by atomic mass is 32.2. The lowest BCUT2D eigenvalue weighted by Gasteiger charge is -2.17. The molecule has 0 bridgehead atoms. The molecule has 0 heterocycles. The number of hydrogen-bond donors (Lipinski definition) is 1. The van der Waals surface area contributed by atoms with Crippen molar-refractivity contribution < 1.29 is 26.4 Å². The molecule has 0 radical (unpaired) electrons. The molecule has 0 unspecified atom stereocenters. The Hall–Kier alpha value is -2.75. The normalized spacial score (nSPS) is 12.0. The second kappa shape index (κ2) is 10.2. The molecule has 0 aliphatic rings. The summed E-state index contributed by atoms with van der Waals surface area (Å²) in [7, 11) is -7.93. The van der Waals surface area contributed by atoms with E-state index in [4.69, 9.17) is 0 Å². The predicted octanol–water partition coefficient (Wildman–Crippen LogP) is 4.12. The van der Waals surface area contributed by atoms with Crippen LogP contribution in [0.3, 0.4) is 0 Å². The number of aryl methyl sites for hydroxylation is 2. The summed E-state index contributed by atoms with van der Waals surface area (Å²) in [5, 5.41) is -0.487. The maximum Gasteiger partial charge on any atom is 0.216 e. The molecule has 34 heavy (non-hydrogen) atoms. The monoisotopic (exact) mass is 516 g/mol. The zero-order valence-corrected chi connectivity index (χ0v) is 21.2. The summed E-state index contributed by atoms with van der Waals surface area (Å²) in [4.78, 5) is 24.8. The highest BCUT2D eigenvalue weighted by molar-refractivity contribution is 7.97. The zero-order valence-electron chi connectivity index (χ0n) is 18.6. The van der Waals surface area contributed by atoms with Crippen molar-refractivity contribution in [3.8, 4) is 0 Å². The van der Waals surface area contributed by atoms with Gasteiger partial charge >= 0.3 is 0 Å². The molecular weight excluding hydrogens is 492 g/mol. The molecule has 0 saturated heterocycles. The number of carbonyl (C=O) groups is 2. The van der Waals surface area contributed by atoms with Gasteiger partial charge in [-0.25, -0.2) is 16.8 Å². The molecule has 0 amide bonds. The molecule has 3 aromatic rings. The summed E-state index contributed by atoms with van der Waals surface area (Å²) in [6.45, 7) is 3.63. The fourth-order valence-electron chi connectivity index (χ4n) is 3.43. The molecule has 0 N–H and O–H groups in total. The molecule has 0 aromatic heterocycles. The van der Waals surface area contributed by atoms with Crippen LogP contribution >= 0.6 is 12.6 Å². The van der Waals surface area contributed by atoms with Gasteiger partial charge in [0, 0.05) is 11.1 Å². The van der Waals surface area contributed by atoms with E-state index in [0.29, 0.717) is 0 Å². The van der Waals surface area contributed by atoms with Crippen LogP contribution in [0.15, 0.2) is 82.6 Å². The molecule has 0 fully saturated rings. The third-order valence-electron chi connectivity index (χ3n) is 5.39. The van der Waals surface area contributed by atoms with Crippen molar-refractivity contribution in [3.63, 3.8) is 0 Å².